The summed E-state index contributed by atoms with van der Waals surface area (Å²) in [4.78, 5) is 11.2. The molecule has 2 aliphatic rings. The van der Waals surface area contributed by atoms with Crippen LogP contribution in [0.3, 0.4) is 0 Å². The summed E-state index contributed by atoms with van der Waals surface area (Å²) in [6.07, 6.45) is 3.45. The minimum atomic E-state index is 0.147. The van der Waals surface area contributed by atoms with Gasteiger partial charge in [-0.25, -0.2) is 0 Å². The van der Waals surface area contributed by atoms with Gasteiger partial charge in [-0.3, -0.25) is 4.79 Å². The van der Waals surface area contributed by atoms with E-state index in [2.05, 4.69) is 19.2 Å². The molecule has 1 aliphatic heterocycles. The molecule has 0 aromatic heterocycles. The molecular weight excluding hydrogens is 176 g/mol. The molecule has 0 saturated heterocycles. The Hall–Kier alpha value is -0.830. The average molecular weight is 194 g/mol. The van der Waals surface area contributed by atoms with Gasteiger partial charge in [0.15, 0.2) is 0 Å². The van der Waals surface area contributed by atoms with Gasteiger partial charge >= 0.3 is 0 Å². The van der Waals surface area contributed by atoms with E-state index >= 15 is 0 Å². The first-order valence-electron chi connectivity index (χ1n) is 5.25. The van der Waals surface area contributed by atoms with Crippen molar-refractivity contribution in [3.8, 4) is 0 Å². The molecular formula is C11H18N2O. The molecule has 1 heterocycles. The lowest BCUT2D eigenvalue weighted by atomic mass is 9.72. The van der Waals surface area contributed by atoms with Gasteiger partial charge < -0.3 is 11.1 Å². The first kappa shape index (κ1) is 9.71. The quantitative estimate of drug-likeness (QED) is 0.610. The third-order valence-corrected chi connectivity index (χ3v) is 3.17. The van der Waals surface area contributed by atoms with Crippen LogP contribution in [0.15, 0.2) is 11.3 Å². The molecule has 3 nitrogen and oxygen atoms in total. The van der Waals surface area contributed by atoms with Crippen LogP contribution in [0.1, 0.15) is 39.5 Å². The second-order valence-corrected chi connectivity index (χ2v) is 5.20. The summed E-state index contributed by atoms with van der Waals surface area (Å²) in [6.45, 7) is 4.41. The molecule has 0 fully saturated rings. The molecule has 0 radical (unpaired) electrons. The minimum Gasteiger partial charge on any atom is -0.330 e. The SMILES string of the molecule is CC1(C)CC2=C(CCC(=O)N2)[C@@H](N)C1. The Bertz CT molecular complexity index is 304. The van der Waals surface area contributed by atoms with E-state index in [9.17, 15) is 4.79 Å². The number of carbonyl (C=O) groups is 1. The topological polar surface area (TPSA) is 55.1 Å². The van der Waals surface area contributed by atoms with Crippen molar-refractivity contribution >= 4 is 5.91 Å². The van der Waals surface area contributed by atoms with Gasteiger partial charge in [0.1, 0.15) is 0 Å². The van der Waals surface area contributed by atoms with Crippen LogP contribution in [0.25, 0.3) is 0 Å². The van der Waals surface area contributed by atoms with Crippen LogP contribution >= 0.6 is 0 Å². The van der Waals surface area contributed by atoms with Gasteiger partial charge in [-0.2, -0.15) is 0 Å². The number of carbonyl (C=O) groups excluding carboxylic acids is 1. The maximum absolute atomic E-state index is 11.2. The van der Waals surface area contributed by atoms with E-state index in [1.54, 1.807) is 0 Å². The summed E-state index contributed by atoms with van der Waals surface area (Å²) in [7, 11) is 0. The minimum absolute atomic E-state index is 0.147. The Morgan fingerprint density at radius 3 is 2.86 bits per heavy atom. The summed E-state index contributed by atoms with van der Waals surface area (Å²) in [5.74, 6) is 0.147. The molecule has 2 rings (SSSR count). The van der Waals surface area contributed by atoms with Gasteiger partial charge in [-0.15, -0.1) is 0 Å². The Labute approximate surface area is 84.7 Å². The fraction of sp³-hybridized carbons (Fsp3) is 0.727. The largest absolute Gasteiger partial charge is 0.330 e. The lowest BCUT2D eigenvalue weighted by molar-refractivity contribution is -0.121. The molecule has 3 heteroatoms. The van der Waals surface area contributed by atoms with Gasteiger partial charge in [0.05, 0.1) is 0 Å². The predicted molar refractivity (Wildman–Crippen MR) is 55.4 cm³/mol. The average Bonchev–Trinajstić information content (AvgIpc) is 2.00. The van der Waals surface area contributed by atoms with Gasteiger partial charge in [-0.1, -0.05) is 13.8 Å². The number of nitrogens with one attached hydrogen (secondary N) is 1. The maximum Gasteiger partial charge on any atom is 0.224 e. The van der Waals surface area contributed by atoms with Crippen molar-refractivity contribution in [2.75, 3.05) is 0 Å². The molecule has 0 bridgehead atoms. The van der Waals surface area contributed by atoms with Crippen molar-refractivity contribution in [1.29, 1.82) is 0 Å². The summed E-state index contributed by atoms with van der Waals surface area (Å²) in [6, 6.07) is 0.148. The predicted octanol–water partition coefficient (Wildman–Crippen LogP) is 1.30. The van der Waals surface area contributed by atoms with Crippen molar-refractivity contribution in [3.63, 3.8) is 0 Å². The highest BCUT2D eigenvalue weighted by Gasteiger charge is 2.34. The number of hydrogen-bond acceptors (Lipinski definition) is 2. The zero-order valence-electron chi connectivity index (χ0n) is 8.89. The zero-order valence-corrected chi connectivity index (χ0v) is 8.89. The highest BCUT2D eigenvalue weighted by molar-refractivity contribution is 5.79. The van der Waals surface area contributed by atoms with Crippen molar-refractivity contribution in [2.24, 2.45) is 11.1 Å². The van der Waals surface area contributed by atoms with Crippen LogP contribution in [0, 0.1) is 5.41 Å². The number of nitrogens with two attached hydrogens (primary N) is 1. The summed E-state index contributed by atoms with van der Waals surface area (Å²) in [5, 5.41) is 2.97. The Kier molecular flexibility index (Phi) is 2.14. The molecule has 0 aromatic carbocycles. The molecule has 3 N–H and O–H groups in total. The second kappa shape index (κ2) is 3.09. The zero-order chi connectivity index (χ0) is 10.3. The molecule has 1 aliphatic carbocycles. The summed E-state index contributed by atoms with van der Waals surface area (Å²) < 4.78 is 0. The van der Waals surface area contributed by atoms with Crippen molar-refractivity contribution in [1.82, 2.24) is 5.32 Å². The summed E-state index contributed by atoms with van der Waals surface area (Å²) >= 11 is 0. The molecule has 14 heavy (non-hydrogen) atoms. The Morgan fingerprint density at radius 1 is 1.43 bits per heavy atom. The second-order valence-electron chi connectivity index (χ2n) is 5.20. The van der Waals surface area contributed by atoms with Gasteiger partial charge in [0.25, 0.3) is 0 Å². The van der Waals surface area contributed by atoms with Crippen molar-refractivity contribution in [3.05, 3.63) is 11.3 Å². The molecule has 0 spiro atoms. The highest BCUT2D eigenvalue weighted by Crippen LogP contribution is 2.39. The first-order valence-corrected chi connectivity index (χ1v) is 5.25. The Balaban J connectivity index is 2.28. The van der Waals surface area contributed by atoms with E-state index in [4.69, 9.17) is 5.73 Å². The van der Waals surface area contributed by atoms with E-state index < -0.39 is 0 Å². The van der Waals surface area contributed by atoms with E-state index in [-0.39, 0.29) is 17.4 Å². The third-order valence-electron chi connectivity index (χ3n) is 3.17. The molecule has 0 saturated carbocycles. The molecule has 1 amide bonds. The normalized spacial score (nSPS) is 31.1. The molecule has 1 atom stereocenters. The first-order chi connectivity index (χ1) is 6.48. The smallest absolute Gasteiger partial charge is 0.224 e. The standard InChI is InChI=1S/C11H18N2O/c1-11(2)5-8(12)7-3-4-10(14)13-9(7)6-11/h8H,3-6,12H2,1-2H3,(H,13,14)/t8-/m0/s1. The molecule has 0 aromatic rings. The van der Waals surface area contributed by atoms with Crippen LogP contribution in [-0.4, -0.2) is 11.9 Å². The monoisotopic (exact) mass is 194 g/mol. The van der Waals surface area contributed by atoms with Crippen molar-refractivity contribution < 1.29 is 4.79 Å². The van der Waals surface area contributed by atoms with E-state index in [0.717, 1.165) is 25.0 Å². The van der Waals surface area contributed by atoms with Crippen molar-refractivity contribution in [2.45, 2.75) is 45.6 Å². The lowest BCUT2D eigenvalue weighted by Gasteiger charge is -2.39. The molecule has 0 unspecified atom stereocenters. The van der Waals surface area contributed by atoms with Crippen LogP contribution in [0.5, 0.6) is 0 Å². The Morgan fingerprint density at radius 2 is 2.14 bits per heavy atom. The fourth-order valence-electron chi connectivity index (χ4n) is 2.55. The number of rotatable bonds is 0. The van der Waals surface area contributed by atoms with Crippen LogP contribution in [0.4, 0.5) is 0 Å². The van der Waals surface area contributed by atoms with E-state index in [1.807, 2.05) is 0 Å². The fourth-order valence-corrected chi connectivity index (χ4v) is 2.55. The van der Waals surface area contributed by atoms with E-state index in [1.165, 1.54) is 5.57 Å². The number of allylic oxidation sites excluding steroid dienone is 1. The van der Waals surface area contributed by atoms with Gasteiger partial charge in [0.2, 0.25) is 5.91 Å². The van der Waals surface area contributed by atoms with Crippen LogP contribution < -0.4 is 11.1 Å². The maximum atomic E-state index is 11.2. The van der Waals surface area contributed by atoms with Crippen LogP contribution in [-0.2, 0) is 4.79 Å². The van der Waals surface area contributed by atoms with Gasteiger partial charge in [-0.05, 0) is 30.3 Å². The highest BCUT2D eigenvalue weighted by atomic mass is 16.1. The third kappa shape index (κ3) is 1.69. The van der Waals surface area contributed by atoms with Gasteiger partial charge in [0, 0.05) is 18.2 Å². The lowest BCUT2D eigenvalue weighted by Crippen LogP contribution is -2.42. The molecule has 78 valence electrons. The number of amides is 1. The van der Waals surface area contributed by atoms with Crippen LogP contribution in [0.2, 0.25) is 0 Å². The van der Waals surface area contributed by atoms with E-state index in [0.29, 0.717) is 6.42 Å². The summed E-state index contributed by atoms with van der Waals surface area (Å²) in [5.41, 5.74) is 8.71. The number of hydrogen-bond donors (Lipinski definition) is 2.